The van der Waals surface area contributed by atoms with E-state index in [2.05, 4.69) is 19.7 Å². The minimum absolute atomic E-state index is 0.00446. The van der Waals surface area contributed by atoms with Gasteiger partial charge in [-0.3, -0.25) is 0 Å². The van der Waals surface area contributed by atoms with Crippen LogP contribution in [0.25, 0.3) is 0 Å². The first-order valence-electron chi connectivity index (χ1n) is 6.11. The first kappa shape index (κ1) is 16.9. The van der Waals surface area contributed by atoms with E-state index >= 15 is 0 Å². The highest BCUT2D eigenvalue weighted by molar-refractivity contribution is 5.92. The quantitative estimate of drug-likeness (QED) is 0.332. The predicted molar refractivity (Wildman–Crippen MR) is 78.6 cm³/mol. The van der Waals surface area contributed by atoms with Crippen molar-refractivity contribution in [3.63, 3.8) is 0 Å². The number of rotatable bonds is 7. The van der Waals surface area contributed by atoms with Gasteiger partial charge in [0.05, 0.1) is 5.56 Å². The van der Waals surface area contributed by atoms with Crippen LogP contribution in [0.2, 0.25) is 0 Å². The van der Waals surface area contributed by atoms with Crippen molar-refractivity contribution in [2.45, 2.75) is 0 Å². The van der Waals surface area contributed by atoms with Gasteiger partial charge in [-0.2, -0.15) is 0 Å². The zero-order valence-electron chi connectivity index (χ0n) is 11.7. The van der Waals surface area contributed by atoms with Gasteiger partial charge in [-0.05, 0) is 12.1 Å². The lowest BCUT2D eigenvalue weighted by atomic mass is 10.2. The van der Waals surface area contributed by atoms with Gasteiger partial charge in [0.25, 0.3) is 0 Å². The zero-order chi connectivity index (χ0) is 16.5. The van der Waals surface area contributed by atoms with Crippen molar-refractivity contribution in [1.82, 2.24) is 0 Å². The molecule has 0 heterocycles. The first-order chi connectivity index (χ1) is 10.5. The minimum atomic E-state index is -0.724. The lowest BCUT2D eigenvalue weighted by Crippen LogP contribution is -2.09. The molecule has 0 spiro atoms. The van der Waals surface area contributed by atoms with E-state index < -0.39 is 17.9 Å². The van der Waals surface area contributed by atoms with E-state index in [1.807, 2.05) is 0 Å². The van der Waals surface area contributed by atoms with E-state index in [-0.39, 0.29) is 23.7 Å². The molecular formula is C16H14O6. The molecule has 0 fully saturated rings. The maximum absolute atomic E-state index is 11.8. The predicted octanol–water partition coefficient (Wildman–Crippen LogP) is 2.21. The fourth-order valence-electron chi connectivity index (χ4n) is 1.34. The second kappa shape index (κ2) is 8.21. The van der Waals surface area contributed by atoms with Crippen molar-refractivity contribution in [3.05, 3.63) is 61.7 Å². The van der Waals surface area contributed by atoms with Gasteiger partial charge < -0.3 is 14.2 Å². The van der Waals surface area contributed by atoms with E-state index in [0.717, 1.165) is 12.2 Å². The lowest BCUT2D eigenvalue weighted by molar-refractivity contribution is -0.129. The van der Waals surface area contributed by atoms with Crippen molar-refractivity contribution < 1.29 is 28.6 Å². The van der Waals surface area contributed by atoms with Crippen LogP contribution >= 0.6 is 0 Å². The topological polar surface area (TPSA) is 78.9 Å². The Labute approximate surface area is 127 Å². The molecule has 0 N–H and O–H groups in total. The molecule has 1 aromatic rings. The highest BCUT2D eigenvalue weighted by Crippen LogP contribution is 2.24. The van der Waals surface area contributed by atoms with Crippen LogP contribution < -0.4 is 9.47 Å². The molecule has 0 aliphatic rings. The van der Waals surface area contributed by atoms with Crippen molar-refractivity contribution in [3.8, 4) is 11.5 Å². The van der Waals surface area contributed by atoms with Crippen molar-refractivity contribution >= 4 is 17.9 Å². The van der Waals surface area contributed by atoms with Crippen LogP contribution in [0.15, 0.2) is 56.2 Å². The Kier molecular flexibility index (Phi) is 6.31. The third-order valence-electron chi connectivity index (χ3n) is 2.22. The summed E-state index contributed by atoms with van der Waals surface area (Å²) in [6, 6.07) is 3.82. The van der Waals surface area contributed by atoms with E-state index in [1.54, 1.807) is 0 Å². The highest BCUT2D eigenvalue weighted by Gasteiger charge is 2.14. The van der Waals surface area contributed by atoms with Gasteiger partial charge in [0.2, 0.25) is 0 Å². The maximum atomic E-state index is 11.8. The summed E-state index contributed by atoms with van der Waals surface area (Å²) in [6.45, 7) is 9.96. The Morgan fingerprint density at radius 3 is 1.82 bits per heavy atom. The average molecular weight is 302 g/mol. The standard InChI is InChI=1S/C16H14O6/c1-4-7-20-16(19)11-8-12(21-14(17)5-2)10-13(9-11)22-15(18)6-3/h4-6,8-10H,1-3,7H2. The van der Waals surface area contributed by atoms with Gasteiger partial charge >= 0.3 is 17.9 Å². The summed E-state index contributed by atoms with van der Waals surface area (Å²) in [6.07, 6.45) is 3.31. The largest absolute Gasteiger partial charge is 0.458 e. The second-order valence-corrected chi connectivity index (χ2v) is 3.83. The Balaban J connectivity index is 3.12. The van der Waals surface area contributed by atoms with Crippen LogP contribution in [0.1, 0.15) is 10.4 Å². The van der Waals surface area contributed by atoms with Gasteiger partial charge in [0.1, 0.15) is 18.1 Å². The number of hydrogen-bond donors (Lipinski definition) is 0. The summed E-state index contributed by atoms with van der Waals surface area (Å²) in [7, 11) is 0. The number of ether oxygens (including phenoxy) is 3. The van der Waals surface area contributed by atoms with Crippen LogP contribution in [0.4, 0.5) is 0 Å². The molecule has 114 valence electrons. The molecule has 6 nitrogen and oxygen atoms in total. The number of esters is 3. The number of hydrogen-bond acceptors (Lipinski definition) is 6. The van der Waals surface area contributed by atoms with E-state index in [0.29, 0.717) is 0 Å². The van der Waals surface area contributed by atoms with E-state index in [4.69, 9.17) is 14.2 Å². The summed E-state index contributed by atoms with van der Waals surface area (Å²) >= 11 is 0. The first-order valence-corrected chi connectivity index (χ1v) is 6.11. The summed E-state index contributed by atoms with van der Waals surface area (Å²) in [5, 5.41) is 0. The normalized spacial score (nSPS) is 9.27. The molecule has 1 rings (SSSR count). The van der Waals surface area contributed by atoms with Gasteiger partial charge in [-0.25, -0.2) is 14.4 Å². The van der Waals surface area contributed by atoms with Gasteiger partial charge in [0, 0.05) is 18.2 Å². The van der Waals surface area contributed by atoms with Crippen molar-refractivity contribution in [1.29, 1.82) is 0 Å². The fraction of sp³-hybridized carbons (Fsp3) is 0.0625. The third-order valence-corrected chi connectivity index (χ3v) is 2.22. The van der Waals surface area contributed by atoms with Crippen LogP contribution in [0.5, 0.6) is 11.5 Å². The Morgan fingerprint density at radius 2 is 1.41 bits per heavy atom. The third kappa shape index (κ3) is 5.09. The monoisotopic (exact) mass is 302 g/mol. The number of carbonyl (C=O) groups is 3. The molecule has 0 radical (unpaired) electrons. The van der Waals surface area contributed by atoms with Crippen molar-refractivity contribution in [2.24, 2.45) is 0 Å². The van der Waals surface area contributed by atoms with Crippen molar-refractivity contribution in [2.75, 3.05) is 6.61 Å². The number of carbonyl (C=O) groups excluding carboxylic acids is 3. The molecule has 0 bridgehead atoms. The molecule has 0 amide bonds. The molecule has 22 heavy (non-hydrogen) atoms. The molecule has 0 atom stereocenters. The Hall–Kier alpha value is -3.15. The smallest absolute Gasteiger partial charge is 0.338 e. The van der Waals surface area contributed by atoms with Gasteiger partial charge in [0.15, 0.2) is 0 Å². The fourth-order valence-corrected chi connectivity index (χ4v) is 1.34. The van der Waals surface area contributed by atoms with Gasteiger partial charge in [-0.15, -0.1) is 0 Å². The van der Waals surface area contributed by atoms with Gasteiger partial charge in [-0.1, -0.05) is 25.8 Å². The minimum Gasteiger partial charge on any atom is -0.458 e. The van der Waals surface area contributed by atoms with Crippen LogP contribution in [0, 0.1) is 0 Å². The SMILES string of the molecule is C=CCOC(=O)c1cc(OC(=O)C=C)cc(OC(=O)C=C)c1. The summed E-state index contributed by atoms with van der Waals surface area (Å²) in [5.74, 6) is -2.13. The Bertz CT molecular complexity index is 589. The highest BCUT2D eigenvalue weighted by atomic mass is 16.5. The molecule has 0 aromatic heterocycles. The maximum Gasteiger partial charge on any atom is 0.338 e. The van der Waals surface area contributed by atoms with Crippen LogP contribution in [-0.2, 0) is 14.3 Å². The Morgan fingerprint density at radius 1 is 0.909 bits per heavy atom. The van der Waals surface area contributed by atoms with E-state index in [9.17, 15) is 14.4 Å². The molecule has 0 saturated heterocycles. The van der Waals surface area contributed by atoms with Crippen LogP contribution in [0.3, 0.4) is 0 Å². The summed E-state index contributed by atoms with van der Waals surface area (Å²) < 4.78 is 14.7. The molecule has 0 aliphatic heterocycles. The number of benzene rings is 1. The second-order valence-electron chi connectivity index (χ2n) is 3.83. The lowest BCUT2D eigenvalue weighted by Gasteiger charge is -2.09. The van der Waals surface area contributed by atoms with E-state index in [1.165, 1.54) is 24.3 Å². The molecule has 1 aromatic carbocycles. The molecular weight excluding hydrogens is 288 g/mol. The zero-order valence-corrected chi connectivity index (χ0v) is 11.7. The summed E-state index contributed by atoms with van der Waals surface area (Å²) in [4.78, 5) is 34.3. The molecule has 0 aliphatic carbocycles. The van der Waals surface area contributed by atoms with Crippen LogP contribution in [-0.4, -0.2) is 24.5 Å². The molecule has 0 saturated carbocycles. The average Bonchev–Trinajstić information content (AvgIpc) is 2.51. The summed E-state index contributed by atoms with van der Waals surface area (Å²) in [5.41, 5.74) is 0.0445. The molecule has 6 heteroatoms. The molecule has 0 unspecified atom stereocenters.